The van der Waals surface area contributed by atoms with Gasteiger partial charge in [-0.05, 0) is 30.0 Å². The first-order chi connectivity index (χ1) is 11.0. The molecule has 2 rings (SSSR count). The maximum atomic E-state index is 12.2. The van der Waals surface area contributed by atoms with Crippen molar-refractivity contribution in [3.63, 3.8) is 0 Å². The zero-order valence-corrected chi connectivity index (χ0v) is 14.3. The Morgan fingerprint density at radius 3 is 2.61 bits per heavy atom. The van der Waals surface area contributed by atoms with E-state index in [-0.39, 0.29) is 11.9 Å². The number of para-hydroxylation sites is 1. The van der Waals surface area contributed by atoms with Crippen LogP contribution in [-0.4, -0.2) is 22.4 Å². The van der Waals surface area contributed by atoms with Gasteiger partial charge in [0.2, 0.25) is 0 Å². The standard InChI is InChI=1S/C18H26N4O/c1-5-14-8-6-7-9-16(14)21-18(23)19-12-15(13(2)3)17-10-11-20-22(17)4/h6-11,13,15H,5,12H2,1-4H3,(H2,19,21,23)/t15-/m1/s1. The molecule has 2 aromatic rings. The van der Waals surface area contributed by atoms with Crippen molar-refractivity contribution in [1.82, 2.24) is 15.1 Å². The summed E-state index contributed by atoms with van der Waals surface area (Å²) in [6.07, 6.45) is 2.68. The Morgan fingerprint density at radius 2 is 2.00 bits per heavy atom. The second-order valence-electron chi connectivity index (χ2n) is 6.08. The van der Waals surface area contributed by atoms with Gasteiger partial charge in [0.25, 0.3) is 0 Å². The number of urea groups is 1. The number of rotatable bonds is 6. The van der Waals surface area contributed by atoms with E-state index >= 15 is 0 Å². The van der Waals surface area contributed by atoms with Crippen molar-refractivity contribution in [2.45, 2.75) is 33.1 Å². The molecule has 1 atom stereocenters. The lowest BCUT2D eigenvalue weighted by molar-refractivity contribution is 0.250. The van der Waals surface area contributed by atoms with Crippen molar-refractivity contribution in [2.24, 2.45) is 13.0 Å². The number of nitrogens with zero attached hydrogens (tertiary/aromatic N) is 2. The monoisotopic (exact) mass is 314 g/mol. The number of hydrogen-bond acceptors (Lipinski definition) is 2. The molecule has 2 N–H and O–H groups in total. The highest BCUT2D eigenvalue weighted by atomic mass is 16.2. The first-order valence-corrected chi connectivity index (χ1v) is 8.13. The first-order valence-electron chi connectivity index (χ1n) is 8.13. The second-order valence-corrected chi connectivity index (χ2v) is 6.08. The maximum absolute atomic E-state index is 12.2. The lowest BCUT2D eigenvalue weighted by atomic mass is 9.92. The molecule has 0 spiro atoms. The average Bonchev–Trinajstić information content (AvgIpc) is 2.94. The largest absolute Gasteiger partial charge is 0.337 e. The summed E-state index contributed by atoms with van der Waals surface area (Å²) < 4.78 is 1.87. The topological polar surface area (TPSA) is 59.0 Å². The van der Waals surface area contributed by atoms with Crippen molar-refractivity contribution >= 4 is 11.7 Å². The quantitative estimate of drug-likeness (QED) is 0.856. The predicted octanol–water partition coefficient (Wildman–Crippen LogP) is 3.54. The van der Waals surface area contributed by atoms with Gasteiger partial charge in [-0.25, -0.2) is 4.79 Å². The van der Waals surface area contributed by atoms with E-state index in [0.717, 1.165) is 23.4 Å². The molecule has 1 aromatic heterocycles. The molecule has 2 amide bonds. The van der Waals surface area contributed by atoms with E-state index in [1.807, 2.05) is 42.1 Å². The Morgan fingerprint density at radius 1 is 1.26 bits per heavy atom. The van der Waals surface area contributed by atoms with Crippen LogP contribution in [0.2, 0.25) is 0 Å². The van der Waals surface area contributed by atoms with Gasteiger partial charge in [-0.1, -0.05) is 39.0 Å². The number of hydrogen-bond donors (Lipinski definition) is 2. The van der Waals surface area contributed by atoms with Crippen LogP contribution in [0.4, 0.5) is 10.5 Å². The molecule has 23 heavy (non-hydrogen) atoms. The molecule has 0 unspecified atom stereocenters. The van der Waals surface area contributed by atoms with Crippen molar-refractivity contribution in [3.8, 4) is 0 Å². The van der Waals surface area contributed by atoms with Gasteiger partial charge in [0.05, 0.1) is 0 Å². The van der Waals surface area contributed by atoms with Gasteiger partial charge in [-0.15, -0.1) is 0 Å². The Bertz CT molecular complexity index is 648. The number of aromatic nitrogens is 2. The highest BCUT2D eigenvalue weighted by Crippen LogP contribution is 2.23. The van der Waals surface area contributed by atoms with E-state index in [2.05, 4.69) is 36.5 Å². The minimum Gasteiger partial charge on any atom is -0.337 e. The Kier molecular flexibility index (Phi) is 5.79. The van der Waals surface area contributed by atoms with Crippen molar-refractivity contribution in [1.29, 1.82) is 0 Å². The van der Waals surface area contributed by atoms with Crippen LogP contribution < -0.4 is 10.6 Å². The maximum Gasteiger partial charge on any atom is 0.319 e. The van der Waals surface area contributed by atoms with E-state index in [1.165, 1.54) is 0 Å². The summed E-state index contributed by atoms with van der Waals surface area (Å²) in [7, 11) is 1.93. The summed E-state index contributed by atoms with van der Waals surface area (Å²) in [6, 6.07) is 9.72. The third kappa shape index (κ3) is 4.34. The molecule has 0 radical (unpaired) electrons. The Labute approximate surface area is 138 Å². The molecule has 124 valence electrons. The van der Waals surface area contributed by atoms with Gasteiger partial charge in [0.1, 0.15) is 0 Å². The van der Waals surface area contributed by atoms with E-state index in [9.17, 15) is 4.79 Å². The summed E-state index contributed by atoms with van der Waals surface area (Å²) >= 11 is 0. The lowest BCUT2D eigenvalue weighted by Crippen LogP contribution is -2.34. The fourth-order valence-electron chi connectivity index (χ4n) is 2.75. The summed E-state index contributed by atoms with van der Waals surface area (Å²) in [5.41, 5.74) is 3.14. The molecule has 0 aliphatic heterocycles. The number of nitrogens with one attached hydrogen (secondary N) is 2. The predicted molar refractivity (Wildman–Crippen MR) is 93.6 cm³/mol. The van der Waals surface area contributed by atoms with Crippen molar-refractivity contribution < 1.29 is 4.79 Å². The minimum absolute atomic E-state index is 0.168. The van der Waals surface area contributed by atoms with Crippen molar-refractivity contribution in [3.05, 3.63) is 47.8 Å². The van der Waals surface area contributed by atoms with Crippen LogP contribution in [0.3, 0.4) is 0 Å². The average molecular weight is 314 g/mol. The molecule has 5 nitrogen and oxygen atoms in total. The molecule has 0 aliphatic rings. The fraction of sp³-hybridized carbons (Fsp3) is 0.444. The summed E-state index contributed by atoms with van der Waals surface area (Å²) in [5, 5.41) is 10.2. The zero-order valence-electron chi connectivity index (χ0n) is 14.3. The molecule has 0 saturated carbocycles. The highest BCUT2D eigenvalue weighted by molar-refractivity contribution is 5.90. The van der Waals surface area contributed by atoms with Crippen LogP contribution in [0.1, 0.15) is 37.9 Å². The van der Waals surface area contributed by atoms with E-state index in [4.69, 9.17) is 0 Å². The Balaban J connectivity index is 1.98. The van der Waals surface area contributed by atoms with Gasteiger partial charge < -0.3 is 10.6 Å². The van der Waals surface area contributed by atoms with Crippen LogP contribution in [0.5, 0.6) is 0 Å². The molecule has 0 bridgehead atoms. The van der Waals surface area contributed by atoms with Crippen molar-refractivity contribution in [2.75, 3.05) is 11.9 Å². The number of aryl methyl sites for hydroxylation is 2. The number of anilines is 1. The van der Waals surface area contributed by atoms with Gasteiger partial charge in [0, 0.05) is 37.1 Å². The molecule has 0 aliphatic carbocycles. The lowest BCUT2D eigenvalue weighted by Gasteiger charge is -2.22. The number of carbonyl (C=O) groups excluding carboxylic acids is 1. The molecule has 5 heteroatoms. The number of carbonyl (C=O) groups is 1. The second kappa shape index (κ2) is 7.81. The molecular weight excluding hydrogens is 288 g/mol. The molecule has 0 saturated heterocycles. The molecule has 0 fully saturated rings. The fourth-order valence-corrected chi connectivity index (χ4v) is 2.75. The third-order valence-electron chi connectivity index (χ3n) is 4.17. The van der Waals surface area contributed by atoms with Gasteiger partial charge >= 0.3 is 6.03 Å². The third-order valence-corrected chi connectivity index (χ3v) is 4.17. The van der Waals surface area contributed by atoms with Crippen LogP contribution in [-0.2, 0) is 13.5 Å². The smallest absolute Gasteiger partial charge is 0.319 e. The van der Waals surface area contributed by atoms with Crippen LogP contribution in [0, 0.1) is 5.92 Å². The van der Waals surface area contributed by atoms with Gasteiger partial charge in [-0.2, -0.15) is 5.10 Å². The number of benzene rings is 1. The summed E-state index contributed by atoms with van der Waals surface area (Å²) in [5.74, 6) is 0.642. The normalized spacial score (nSPS) is 12.2. The molecule has 1 heterocycles. The first kappa shape index (κ1) is 17.1. The van der Waals surface area contributed by atoms with E-state index < -0.39 is 0 Å². The highest BCUT2D eigenvalue weighted by Gasteiger charge is 2.19. The zero-order chi connectivity index (χ0) is 16.8. The molecule has 1 aromatic carbocycles. The Hall–Kier alpha value is -2.30. The SMILES string of the molecule is CCc1ccccc1NC(=O)NC[C@@H](c1ccnn1C)C(C)C. The minimum atomic E-state index is -0.168. The summed E-state index contributed by atoms with van der Waals surface area (Å²) in [6.45, 7) is 6.97. The van der Waals surface area contributed by atoms with Crippen LogP contribution in [0.15, 0.2) is 36.5 Å². The van der Waals surface area contributed by atoms with Crippen LogP contribution >= 0.6 is 0 Å². The number of amides is 2. The van der Waals surface area contributed by atoms with E-state index in [1.54, 1.807) is 6.20 Å². The van der Waals surface area contributed by atoms with Crippen LogP contribution in [0.25, 0.3) is 0 Å². The molecular formula is C18H26N4O. The summed E-state index contributed by atoms with van der Waals surface area (Å²) in [4.78, 5) is 12.2. The van der Waals surface area contributed by atoms with E-state index in [0.29, 0.717) is 12.5 Å². The van der Waals surface area contributed by atoms with Gasteiger partial charge in [0.15, 0.2) is 0 Å². The van der Waals surface area contributed by atoms with Gasteiger partial charge in [-0.3, -0.25) is 4.68 Å².